The summed E-state index contributed by atoms with van der Waals surface area (Å²) in [4.78, 5) is 0. The monoisotopic (exact) mass is 320 g/mol. The Bertz CT molecular complexity index is 678. The number of aromatic nitrogens is 2. The molecule has 0 amide bonds. The smallest absolute Gasteiger partial charge is 0.250 e. The molecule has 1 aliphatic heterocycles. The van der Waals surface area contributed by atoms with Crippen LogP contribution in [0.1, 0.15) is 50.0 Å². The normalized spacial score (nSPS) is 16.0. The molecule has 1 aromatic carbocycles. The van der Waals surface area contributed by atoms with Crippen molar-refractivity contribution >= 4 is 0 Å². The molecule has 0 spiro atoms. The Morgan fingerprint density at radius 3 is 2.61 bits per heavy atom. The summed E-state index contributed by atoms with van der Waals surface area (Å²) in [5, 5.41) is 8.11. The summed E-state index contributed by atoms with van der Waals surface area (Å²) in [6.45, 7) is 5.36. The highest BCUT2D eigenvalue weighted by atomic mass is 19.1. The Balaban J connectivity index is 1.94. The molecule has 5 nitrogen and oxygen atoms in total. The molecule has 1 fully saturated rings. The van der Waals surface area contributed by atoms with Crippen LogP contribution in [-0.2, 0) is 4.74 Å². The second-order valence-corrected chi connectivity index (χ2v) is 6.06. The molecule has 23 heavy (non-hydrogen) atoms. The summed E-state index contributed by atoms with van der Waals surface area (Å²) >= 11 is 0. The minimum absolute atomic E-state index is 0.161. The van der Waals surface area contributed by atoms with Gasteiger partial charge in [0.15, 0.2) is 0 Å². The molecule has 124 valence electrons. The molecule has 1 saturated heterocycles. The lowest BCUT2D eigenvalue weighted by molar-refractivity contribution is 0.0795. The third-order valence-corrected chi connectivity index (χ3v) is 4.18. The molecule has 2 heterocycles. The molecule has 2 aromatic rings. The summed E-state index contributed by atoms with van der Waals surface area (Å²) < 4.78 is 30.9. The fourth-order valence-corrected chi connectivity index (χ4v) is 2.81. The minimum atomic E-state index is -0.378. The van der Waals surface area contributed by atoms with Crippen molar-refractivity contribution in [2.45, 2.75) is 38.5 Å². The first kappa shape index (κ1) is 15.9. The third-order valence-electron chi connectivity index (χ3n) is 4.18. The van der Waals surface area contributed by atoms with Crippen LogP contribution in [0.4, 0.5) is 4.39 Å². The molecular weight excluding hydrogens is 299 g/mol. The van der Waals surface area contributed by atoms with Gasteiger partial charge in [0.1, 0.15) is 11.6 Å². The standard InChI is InChI=1S/C17H21FN2O3/c1-10(2)12-8-14(18)13(9-15(12)21-3)17-20-19-16(23-17)11-4-6-22-7-5-11/h8-11H,4-7H2,1-3H3. The van der Waals surface area contributed by atoms with Gasteiger partial charge in [-0.1, -0.05) is 13.8 Å². The Morgan fingerprint density at radius 2 is 1.96 bits per heavy atom. The van der Waals surface area contributed by atoms with Crippen molar-refractivity contribution in [3.05, 3.63) is 29.4 Å². The van der Waals surface area contributed by atoms with Gasteiger partial charge in [-0.2, -0.15) is 0 Å². The van der Waals surface area contributed by atoms with Gasteiger partial charge < -0.3 is 13.9 Å². The van der Waals surface area contributed by atoms with Gasteiger partial charge in [0.25, 0.3) is 5.89 Å². The molecule has 3 rings (SSSR count). The highest BCUT2D eigenvalue weighted by molar-refractivity contribution is 5.59. The van der Waals surface area contributed by atoms with E-state index in [2.05, 4.69) is 10.2 Å². The van der Waals surface area contributed by atoms with Crippen LogP contribution in [0.3, 0.4) is 0 Å². The third kappa shape index (κ3) is 3.22. The van der Waals surface area contributed by atoms with Crippen LogP contribution in [-0.4, -0.2) is 30.5 Å². The molecule has 1 aromatic heterocycles. The second-order valence-electron chi connectivity index (χ2n) is 6.06. The van der Waals surface area contributed by atoms with Crippen LogP contribution in [0.25, 0.3) is 11.5 Å². The summed E-state index contributed by atoms with van der Waals surface area (Å²) in [6, 6.07) is 3.11. The summed E-state index contributed by atoms with van der Waals surface area (Å²) in [5.74, 6) is 1.34. The highest BCUT2D eigenvalue weighted by Gasteiger charge is 2.24. The topological polar surface area (TPSA) is 57.4 Å². The lowest BCUT2D eigenvalue weighted by atomic mass is 9.99. The SMILES string of the molecule is COc1cc(-c2nnc(C3CCOCC3)o2)c(F)cc1C(C)C. The second kappa shape index (κ2) is 6.66. The molecule has 0 N–H and O–H groups in total. The maximum atomic E-state index is 14.5. The zero-order valence-electron chi connectivity index (χ0n) is 13.6. The van der Waals surface area contributed by atoms with Gasteiger partial charge in [-0.25, -0.2) is 4.39 Å². The number of halogens is 1. The van der Waals surface area contributed by atoms with Crippen molar-refractivity contribution < 1.29 is 18.3 Å². The zero-order valence-corrected chi connectivity index (χ0v) is 13.6. The number of nitrogens with zero attached hydrogens (tertiary/aromatic N) is 2. The average Bonchev–Trinajstić information content (AvgIpc) is 3.05. The Kier molecular flexibility index (Phi) is 4.61. The van der Waals surface area contributed by atoms with Gasteiger partial charge in [-0.15, -0.1) is 10.2 Å². The maximum absolute atomic E-state index is 14.5. The minimum Gasteiger partial charge on any atom is -0.496 e. The fourth-order valence-electron chi connectivity index (χ4n) is 2.81. The Labute approximate surface area is 134 Å². The summed E-state index contributed by atoms with van der Waals surface area (Å²) in [7, 11) is 1.57. The van der Waals surface area contributed by atoms with E-state index in [9.17, 15) is 4.39 Å². The van der Waals surface area contributed by atoms with Crippen LogP contribution in [0.5, 0.6) is 5.75 Å². The van der Waals surface area contributed by atoms with Crippen molar-refractivity contribution in [2.75, 3.05) is 20.3 Å². The number of hydrogen-bond acceptors (Lipinski definition) is 5. The maximum Gasteiger partial charge on any atom is 0.250 e. The van der Waals surface area contributed by atoms with E-state index >= 15 is 0 Å². The van der Waals surface area contributed by atoms with E-state index in [0.29, 0.717) is 24.9 Å². The van der Waals surface area contributed by atoms with Crippen molar-refractivity contribution in [2.24, 2.45) is 0 Å². The van der Waals surface area contributed by atoms with Crippen molar-refractivity contribution in [1.82, 2.24) is 10.2 Å². The van der Waals surface area contributed by atoms with Crippen LogP contribution in [0.2, 0.25) is 0 Å². The first-order chi connectivity index (χ1) is 11.1. The van der Waals surface area contributed by atoms with Crippen LogP contribution >= 0.6 is 0 Å². The van der Waals surface area contributed by atoms with E-state index in [-0.39, 0.29) is 29.1 Å². The molecule has 0 unspecified atom stereocenters. The van der Waals surface area contributed by atoms with E-state index in [0.717, 1.165) is 18.4 Å². The summed E-state index contributed by atoms with van der Waals surface area (Å²) in [6.07, 6.45) is 1.69. The lowest BCUT2D eigenvalue weighted by Crippen LogP contribution is -2.14. The number of ether oxygens (including phenoxy) is 2. The number of rotatable bonds is 4. The van der Waals surface area contributed by atoms with Crippen molar-refractivity contribution in [1.29, 1.82) is 0 Å². The molecule has 0 radical (unpaired) electrons. The van der Waals surface area contributed by atoms with Crippen LogP contribution in [0, 0.1) is 5.82 Å². The average molecular weight is 320 g/mol. The Hall–Kier alpha value is -1.95. The van der Waals surface area contributed by atoms with Gasteiger partial charge in [-0.05, 0) is 36.5 Å². The molecule has 0 aliphatic carbocycles. The van der Waals surface area contributed by atoms with Gasteiger partial charge in [-0.3, -0.25) is 0 Å². The van der Waals surface area contributed by atoms with Crippen molar-refractivity contribution in [3.63, 3.8) is 0 Å². The van der Waals surface area contributed by atoms with Crippen LogP contribution < -0.4 is 4.74 Å². The quantitative estimate of drug-likeness (QED) is 0.855. The largest absolute Gasteiger partial charge is 0.496 e. The predicted octanol–water partition coefficient (Wildman–Crippen LogP) is 3.90. The van der Waals surface area contributed by atoms with E-state index in [4.69, 9.17) is 13.9 Å². The molecule has 0 saturated carbocycles. The molecular formula is C17H21FN2O3. The molecule has 1 aliphatic rings. The van der Waals surface area contributed by atoms with E-state index in [1.54, 1.807) is 13.2 Å². The molecule has 6 heteroatoms. The first-order valence-corrected chi connectivity index (χ1v) is 7.89. The lowest BCUT2D eigenvalue weighted by Gasteiger charge is -2.18. The Morgan fingerprint density at radius 1 is 1.22 bits per heavy atom. The van der Waals surface area contributed by atoms with E-state index in [1.807, 2.05) is 13.8 Å². The van der Waals surface area contributed by atoms with Crippen LogP contribution in [0.15, 0.2) is 16.5 Å². The first-order valence-electron chi connectivity index (χ1n) is 7.89. The zero-order chi connectivity index (χ0) is 16.4. The molecule has 0 atom stereocenters. The predicted molar refractivity (Wildman–Crippen MR) is 83.1 cm³/mol. The van der Waals surface area contributed by atoms with Gasteiger partial charge in [0.2, 0.25) is 5.89 Å². The molecule has 0 bridgehead atoms. The number of methoxy groups -OCH3 is 1. The summed E-state index contributed by atoms with van der Waals surface area (Å²) in [5.41, 5.74) is 1.09. The van der Waals surface area contributed by atoms with Gasteiger partial charge in [0.05, 0.1) is 12.7 Å². The van der Waals surface area contributed by atoms with E-state index < -0.39 is 0 Å². The van der Waals surface area contributed by atoms with E-state index in [1.165, 1.54) is 6.07 Å². The van der Waals surface area contributed by atoms with Gasteiger partial charge in [0, 0.05) is 19.1 Å². The fraction of sp³-hybridized carbons (Fsp3) is 0.529. The number of hydrogen-bond donors (Lipinski definition) is 0. The van der Waals surface area contributed by atoms with Gasteiger partial charge >= 0.3 is 0 Å². The highest BCUT2D eigenvalue weighted by Crippen LogP contribution is 2.35. The number of benzene rings is 1. The van der Waals surface area contributed by atoms with Crippen molar-refractivity contribution in [3.8, 4) is 17.2 Å².